The van der Waals surface area contributed by atoms with Crippen LogP contribution in [0.2, 0.25) is 0 Å². The molecule has 6 amide bonds. The number of nitrogens with two attached hydrogens (primary N) is 2. The lowest BCUT2D eigenvalue weighted by atomic mass is 9.95. The molecule has 19 nitrogen and oxygen atoms in total. The van der Waals surface area contributed by atoms with Gasteiger partial charge >= 0.3 is 11.9 Å². The number of aromatic amines is 1. The molecule has 1 heterocycles. The molecule has 0 aliphatic heterocycles. The summed E-state index contributed by atoms with van der Waals surface area (Å²) in [7, 11) is 0. The molecule has 9 atom stereocenters. The monoisotopic (exact) mass is 948 g/mol. The first-order chi connectivity index (χ1) is 32.3. The van der Waals surface area contributed by atoms with Gasteiger partial charge in [0, 0.05) is 29.9 Å². The third kappa shape index (κ3) is 17.7. The highest BCUT2D eigenvalue weighted by molar-refractivity contribution is 5.98. The lowest BCUT2D eigenvalue weighted by molar-refractivity contribution is -0.143. The first kappa shape index (κ1) is 56.0. The molecule has 3 aromatic rings. The van der Waals surface area contributed by atoms with Crippen molar-refractivity contribution in [1.82, 2.24) is 36.9 Å². The number of benzene rings is 2. The number of fused-ring (bicyclic) bond motifs is 1. The molecule has 0 aliphatic carbocycles. The molecule has 0 saturated carbocycles. The number of carbonyl (C=O) groups is 8. The maximum absolute atomic E-state index is 14.5. The highest BCUT2D eigenvalue weighted by Crippen LogP contribution is 2.20. The normalized spacial score (nSPS) is 15.3. The minimum atomic E-state index is -1.49. The van der Waals surface area contributed by atoms with Crippen LogP contribution >= 0.6 is 0 Å². The average molecular weight is 948 g/mol. The number of rotatable bonds is 30. The number of hydrogen-bond acceptors (Lipinski definition) is 10. The van der Waals surface area contributed by atoms with E-state index in [0.29, 0.717) is 37.8 Å². The summed E-state index contributed by atoms with van der Waals surface area (Å²) in [5.74, 6) is -8.00. The second-order valence-corrected chi connectivity index (χ2v) is 18.0. The molecule has 0 fully saturated rings. The minimum absolute atomic E-state index is 0.103. The average Bonchev–Trinajstić information content (AvgIpc) is 3.71. The van der Waals surface area contributed by atoms with Crippen molar-refractivity contribution in [2.75, 3.05) is 6.54 Å². The third-order valence-corrected chi connectivity index (χ3v) is 12.1. The summed E-state index contributed by atoms with van der Waals surface area (Å²) in [6, 6.07) is 7.70. The van der Waals surface area contributed by atoms with Gasteiger partial charge in [0.25, 0.3) is 0 Å². The Hall–Kier alpha value is -6.34. The van der Waals surface area contributed by atoms with Crippen LogP contribution in [0.5, 0.6) is 0 Å². The Morgan fingerprint density at radius 1 is 0.603 bits per heavy atom. The molecule has 0 radical (unpaired) electrons. The van der Waals surface area contributed by atoms with E-state index < -0.39 is 108 Å². The SMILES string of the molecule is CC[C@H](C)[C@H](NC(=O)[C@H](CC(C)C)NC(=O)[C@H](Cc1c[nH]c2ccccc12)NC(=O)[C@H](CCC(=O)O)NC(=O)[C@@H](NC(=O)[C@@H](N)Cc1ccccc1)[C@@H](C)CC)C(=O)N[C@@H](CCCCN)C(=O)O. The van der Waals surface area contributed by atoms with Crippen molar-refractivity contribution < 1.29 is 48.6 Å². The Kier molecular flexibility index (Phi) is 23.1. The van der Waals surface area contributed by atoms with E-state index in [1.165, 1.54) is 0 Å². The van der Waals surface area contributed by atoms with Crippen LogP contribution in [0.1, 0.15) is 104 Å². The van der Waals surface area contributed by atoms with Crippen molar-refractivity contribution in [3.8, 4) is 0 Å². The van der Waals surface area contributed by atoms with Gasteiger partial charge in [-0.25, -0.2) is 4.79 Å². The first-order valence-corrected chi connectivity index (χ1v) is 23.6. The zero-order valence-corrected chi connectivity index (χ0v) is 40.1. The molecule has 0 unspecified atom stereocenters. The second kappa shape index (κ2) is 28.1. The Morgan fingerprint density at radius 2 is 1.13 bits per heavy atom. The number of carboxylic acids is 2. The van der Waals surface area contributed by atoms with Crippen LogP contribution in [0.4, 0.5) is 0 Å². The lowest BCUT2D eigenvalue weighted by Crippen LogP contribution is -2.61. The number of H-pyrrole nitrogens is 1. The van der Waals surface area contributed by atoms with Crippen LogP contribution in [-0.4, -0.2) is 111 Å². The van der Waals surface area contributed by atoms with Crippen LogP contribution in [-0.2, 0) is 51.2 Å². The van der Waals surface area contributed by atoms with Crippen LogP contribution in [0, 0.1) is 17.8 Å². The molecule has 3 rings (SSSR count). The van der Waals surface area contributed by atoms with E-state index in [-0.39, 0.29) is 38.0 Å². The number of unbranched alkanes of at least 4 members (excludes halogenated alkanes) is 1. The van der Waals surface area contributed by atoms with Gasteiger partial charge in [-0.05, 0) is 80.0 Å². The molecular weight excluding hydrogens is 875 g/mol. The molecule has 19 heteroatoms. The summed E-state index contributed by atoms with van der Waals surface area (Å²) in [5, 5.41) is 36.4. The van der Waals surface area contributed by atoms with Gasteiger partial charge in [-0.3, -0.25) is 33.6 Å². The van der Waals surface area contributed by atoms with Crippen molar-refractivity contribution in [3.63, 3.8) is 0 Å². The molecular formula is C49H73N9O10. The summed E-state index contributed by atoms with van der Waals surface area (Å²) < 4.78 is 0. The number of para-hydroxylation sites is 1. The van der Waals surface area contributed by atoms with E-state index in [1.807, 2.05) is 76.2 Å². The van der Waals surface area contributed by atoms with Crippen molar-refractivity contribution in [3.05, 3.63) is 71.9 Å². The zero-order valence-electron chi connectivity index (χ0n) is 40.1. The predicted molar refractivity (Wildman–Crippen MR) is 257 cm³/mol. The van der Waals surface area contributed by atoms with E-state index >= 15 is 0 Å². The Bertz CT molecular complexity index is 2150. The predicted octanol–water partition coefficient (Wildman–Crippen LogP) is 2.41. The van der Waals surface area contributed by atoms with Gasteiger partial charge < -0.3 is 58.6 Å². The number of aromatic nitrogens is 1. The van der Waals surface area contributed by atoms with Gasteiger partial charge in [-0.15, -0.1) is 0 Å². The molecule has 0 saturated heterocycles. The van der Waals surface area contributed by atoms with E-state index in [2.05, 4.69) is 36.9 Å². The molecule has 374 valence electrons. The number of carboxylic acid groups (broad SMARTS) is 2. The van der Waals surface area contributed by atoms with Crippen LogP contribution in [0.3, 0.4) is 0 Å². The minimum Gasteiger partial charge on any atom is -0.481 e. The van der Waals surface area contributed by atoms with Crippen LogP contribution in [0.25, 0.3) is 10.9 Å². The van der Waals surface area contributed by atoms with Crippen LogP contribution < -0.4 is 43.4 Å². The van der Waals surface area contributed by atoms with Crippen molar-refractivity contribution in [1.29, 1.82) is 0 Å². The van der Waals surface area contributed by atoms with Gasteiger partial charge in [0.1, 0.15) is 36.3 Å². The van der Waals surface area contributed by atoms with Crippen molar-refractivity contribution in [2.24, 2.45) is 29.2 Å². The molecule has 1 aromatic heterocycles. The number of nitrogens with one attached hydrogen (secondary N) is 7. The Morgan fingerprint density at radius 3 is 1.71 bits per heavy atom. The molecule has 68 heavy (non-hydrogen) atoms. The van der Waals surface area contributed by atoms with E-state index in [0.717, 1.165) is 16.5 Å². The summed E-state index contributed by atoms with van der Waals surface area (Å²) >= 11 is 0. The molecule has 0 aliphatic rings. The lowest BCUT2D eigenvalue weighted by Gasteiger charge is -2.30. The second-order valence-electron chi connectivity index (χ2n) is 18.0. The number of aliphatic carboxylic acids is 2. The van der Waals surface area contributed by atoms with E-state index in [4.69, 9.17) is 11.5 Å². The van der Waals surface area contributed by atoms with Gasteiger partial charge in [-0.2, -0.15) is 0 Å². The first-order valence-electron chi connectivity index (χ1n) is 23.6. The van der Waals surface area contributed by atoms with Gasteiger partial charge in [0.2, 0.25) is 35.4 Å². The van der Waals surface area contributed by atoms with Crippen LogP contribution in [0.15, 0.2) is 60.8 Å². The number of hydrogen-bond donors (Lipinski definition) is 11. The molecule has 2 aromatic carbocycles. The highest BCUT2D eigenvalue weighted by Gasteiger charge is 2.36. The third-order valence-electron chi connectivity index (χ3n) is 12.1. The van der Waals surface area contributed by atoms with E-state index in [9.17, 15) is 48.6 Å². The fourth-order valence-electron chi connectivity index (χ4n) is 7.67. The fourth-order valence-corrected chi connectivity index (χ4v) is 7.67. The maximum atomic E-state index is 14.5. The smallest absolute Gasteiger partial charge is 0.326 e. The van der Waals surface area contributed by atoms with E-state index in [1.54, 1.807) is 26.1 Å². The summed E-state index contributed by atoms with van der Waals surface area (Å²) in [5.41, 5.74) is 14.0. The number of carbonyl (C=O) groups excluding carboxylic acids is 6. The fraction of sp³-hybridized carbons (Fsp3) is 0.551. The largest absolute Gasteiger partial charge is 0.481 e. The summed E-state index contributed by atoms with van der Waals surface area (Å²) in [6.45, 7) is 11.1. The Balaban J connectivity index is 1.95. The maximum Gasteiger partial charge on any atom is 0.326 e. The topological polar surface area (TPSA) is 317 Å². The van der Waals surface area contributed by atoms with Gasteiger partial charge in [0.15, 0.2) is 0 Å². The zero-order chi connectivity index (χ0) is 50.5. The Labute approximate surface area is 398 Å². The summed E-state index contributed by atoms with van der Waals surface area (Å²) in [6.07, 6.45) is 2.98. The van der Waals surface area contributed by atoms with Crippen molar-refractivity contribution >= 4 is 58.3 Å². The van der Waals surface area contributed by atoms with Gasteiger partial charge in [0.05, 0.1) is 6.04 Å². The highest BCUT2D eigenvalue weighted by atomic mass is 16.4. The van der Waals surface area contributed by atoms with Gasteiger partial charge in [-0.1, -0.05) is 103 Å². The summed E-state index contributed by atoms with van der Waals surface area (Å²) in [4.78, 5) is 111. The van der Waals surface area contributed by atoms with Crippen molar-refractivity contribution in [2.45, 2.75) is 148 Å². The number of amides is 6. The molecule has 13 N–H and O–H groups in total. The molecule has 0 spiro atoms. The standard InChI is InChI=1S/C49H73N9O10/c1-7-29(5)41(57-43(61)34(51)25-31-16-10-9-11-17-31)47(65)53-36(21-22-40(59)60)44(62)56-39(26-32-27-52-35-19-13-12-18-33(32)35)45(63)55-38(24-28(3)4)46(64)58-42(30(6)8-2)48(66)54-37(49(67)68)20-14-15-23-50/h9-13,16-19,27-30,34,36-39,41-42,52H,7-8,14-15,20-26,50-51H2,1-6H3,(H,53,65)(H,54,66)(H,55,63)(H,56,62)(H,57,61)(H,58,64)(H,59,60)(H,67,68)/t29-,30-,34-,36-,37-,38-,39-,41-,42-/m0/s1. The molecule has 0 bridgehead atoms. The quantitative estimate of drug-likeness (QED) is 0.0430.